The van der Waals surface area contributed by atoms with Crippen LogP contribution in [0.25, 0.3) is 10.9 Å². The number of thioether (sulfide) groups is 1. The third-order valence-electron chi connectivity index (χ3n) is 3.48. The first-order chi connectivity index (χ1) is 11.0. The fourth-order valence-electron chi connectivity index (χ4n) is 2.20. The lowest BCUT2D eigenvalue weighted by atomic mass is 10.1. The van der Waals surface area contributed by atoms with Crippen LogP contribution in [-0.4, -0.2) is 28.5 Å². The molecule has 0 aliphatic heterocycles. The summed E-state index contributed by atoms with van der Waals surface area (Å²) in [5, 5.41) is 1.95. The average Bonchev–Trinajstić information content (AvgIpc) is 2.50. The molecule has 4 nitrogen and oxygen atoms in total. The average molecular weight is 355 g/mol. The lowest BCUT2D eigenvalue weighted by molar-refractivity contribution is 0.164. The molecule has 2 rings (SSSR count). The minimum atomic E-state index is 0.00577. The van der Waals surface area contributed by atoms with E-state index in [9.17, 15) is 4.79 Å². The summed E-state index contributed by atoms with van der Waals surface area (Å²) in [7, 11) is 0. The smallest absolute Gasteiger partial charge is 0.262 e. The summed E-state index contributed by atoms with van der Waals surface area (Å²) in [5.74, 6) is 1.30. The summed E-state index contributed by atoms with van der Waals surface area (Å²) in [6, 6.07) is 5.24. The van der Waals surface area contributed by atoms with Gasteiger partial charge in [0.1, 0.15) is 0 Å². The van der Waals surface area contributed by atoms with Crippen LogP contribution in [0.5, 0.6) is 0 Å². The Morgan fingerprint density at radius 3 is 2.87 bits per heavy atom. The van der Waals surface area contributed by atoms with Crippen molar-refractivity contribution >= 4 is 34.3 Å². The van der Waals surface area contributed by atoms with E-state index in [0.717, 1.165) is 17.3 Å². The molecule has 0 bridgehead atoms. The van der Waals surface area contributed by atoms with Crippen molar-refractivity contribution in [1.82, 2.24) is 9.55 Å². The quantitative estimate of drug-likeness (QED) is 0.404. The minimum absolute atomic E-state index is 0.00577. The largest absolute Gasteiger partial charge is 0.381 e. The fourth-order valence-corrected chi connectivity index (χ4v) is 3.25. The van der Waals surface area contributed by atoms with E-state index in [4.69, 9.17) is 16.3 Å². The first-order valence-electron chi connectivity index (χ1n) is 7.93. The molecule has 0 amide bonds. The predicted octanol–water partition coefficient (Wildman–Crippen LogP) is 4.22. The van der Waals surface area contributed by atoms with Gasteiger partial charge in [-0.2, -0.15) is 0 Å². The molecule has 0 atom stereocenters. The van der Waals surface area contributed by atoms with E-state index in [2.05, 4.69) is 18.8 Å². The van der Waals surface area contributed by atoms with Gasteiger partial charge >= 0.3 is 0 Å². The zero-order chi connectivity index (χ0) is 16.8. The summed E-state index contributed by atoms with van der Waals surface area (Å²) >= 11 is 7.59. The highest BCUT2D eigenvalue weighted by Crippen LogP contribution is 2.21. The molecule has 0 spiro atoms. The Morgan fingerprint density at radius 2 is 2.17 bits per heavy atom. The highest BCUT2D eigenvalue weighted by atomic mass is 35.5. The Balaban J connectivity index is 2.38. The Labute approximate surface area is 146 Å². The summed E-state index contributed by atoms with van der Waals surface area (Å²) in [5.41, 5.74) is 0.661. The van der Waals surface area contributed by atoms with Gasteiger partial charge in [0.2, 0.25) is 0 Å². The van der Waals surface area contributed by atoms with Crippen LogP contribution in [0.1, 0.15) is 27.2 Å². The first kappa shape index (κ1) is 18.3. The van der Waals surface area contributed by atoms with Crippen molar-refractivity contribution in [1.29, 1.82) is 0 Å². The molecule has 1 aromatic carbocycles. The van der Waals surface area contributed by atoms with Crippen molar-refractivity contribution in [2.24, 2.45) is 5.92 Å². The summed E-state index contributed by atoms with van der Waals surface area (Å²) < 4.78 is 7.16. The molecule has 23 heavy (non-hydrogen) atoms. The third-order valence-corrected chi connectivity index (χ3v) is 4.65. The molecule has 6 heteroatoms. The van der Waals surface area contributed by atoms with Gasteiger partial charge in [-0.3, -0.25) is 9.36 Å². The Morgan fingerprint density at radius 1 is 1.39 bits per heavy atom. The molecule has 0 aliphatic carbocycles. The van der Waals surface area contributed by atoms with Gasteiger partial charge in [-0.25, -0.2) is 4.98 Å². The van der Waals surface area contributed by atoms with E-state index in [1.807, 2.05) is 6.92 Å². The van der Waals surface area contributed by atoms with E-state index in [1.165, 1.54) is 0 Å². The van der Waals surface area contributed by atoms with E-state index in [-0.39, 0.29) is 5.56 Å². The number of benzene rings is 1. The number of nitrogens with zero attached hydrogens (tertiary/aromatic N) is 2. The monoisotopic (exact) mass is 354 g/mol. The molecule has 0 N–H and O–H groups in total. The second kappa shape index (κ2) is 8.71. The Hall–Kier alpha value is -1.04. The maximum absolute atomic E-state index is 12.8. The normalized spacial score (nSPS) is 11.5. The van der Waals surface area contributed by atoms with E-state index >= 15 is 0 Å². The number of aromatic nitrogens is 2. The van der Waals surface area contributed by atoms with Crippen LogP contribution in [0.2, 0.25) is 5.02 Å². The van der Waals surface area contributed by atoms with Crippen molar-refractivity contribution < 1.29 is 4.74 Å². The van der Waals surface area contributed by atoms with Gasteiger partial charge in [0.05, 0.1) is 17.5 Å². The highest BCUT2D eigenvalue weighted by molar-refractivity contribution is 7.99. The fraction of sp³-hybridized carbons (Fsp3) is 0.529. The lowest BCUT2D eigenvalue weighted by Gasteiger charge is -2.14. The molecule has 126 valence electrons. The van der Waals surface area contributed by atoms with Crippen LogP contribution in [0, 0.1) is 5.92 Å². The summed E-state index contributed by atoms with van der Waals surface area (Å²) in [6.07, 6.45) is 0.944. The zero-order valence-corrected chi connectivity index (χ0v) is 15.4. The number of ether oxygens (including phenoxy) is 1. The van der Waals surface area contributed by atoms with Gasteiger partial charge < -0.3 is 4.74 Å². The Bertz CT molecular complexity index is 716. The van der Waals surface area contributed by atoms with Gasteiger partial charge in [-0.15, -0.1) is 0 Å². The summed E-state index contributed by atoms with van der Waals surface area (Å²) in [4.78, 5) is 17.5. The van der Waals surface area contributed by atoms with Crippen molar-refractivity contribution in [2.75, 3.05) is 19.0 Å². The number of fused-ring (bicyclic) bond motifs is 1. The number of hydrogen-bond acceptors (Lipinski definition) is 4. The molecule has 0 saturated carbocycles. The van der Waals surface area contributed by atoms with Gasteiger partial charge in [0, 0.05) is 23.9 Å². The second-order valence-electron chi connectivity index (χ2n) is 5.74. The molecule has 0 radical (unpaired) electrons. The maximum Gasteiger partial charge on any atom is 0.262 e. The molecule has 2 aromatic rings. The number of halogens is 1. The molecular formula is C17H23ClN2O2S. The van der Waals surface area contributed by atoms with E-state index < -0.39 is 0 Å². The van der Waals surface area contributed by atoms with Gasteiger partial charge in [-0.05, 0) is 37.5 Å². The van der Waals surface area contributed by atoms with Crippen LogP contribution < -0.4 is 5.56 Å². The number of rotatable bonds is 8. The molecule has 0 saturated heterocycles. The minimum Gasteiger partial charge on any atom is -0.381 e. The van der Waals surface area contributed by atoms with Crippen molar-refractivity contribution in [3.05, 3.63) is 33.6 Å². The van der Waals surface area contributed by atoms with Crippen molar-refractivity contribution in [2.45, 2.75) is 38.9 Å². The molecular weight excluding hydrogens is 332 g/mol. The SMILES string of the molecule is CCOCCSc1nc2cc(Cl)ccc2c(=O)n1CCC(C)C. The molecule has 1 aromatic heterocycles. The van der Waals surface area contributed by atoms with E-state index in [1.54, 1.807) is 34.5 Å². The summed E-state index contributed by atoms with van der Waals surface area (Å²) in [6.45, 7) is 8.30. The zero-order valence-electron chi connectivity index (χ0n) is 13.8. The molecule has 0 aliphatic rings. The highest BCUT2D eigenvalue weighted by Gasteiger charge is 2.12. The Kier molecular flexibility index (Phi) is 6.93. The van der Waals surface area contributed by atoms with Crippen LogP contribution >= 0.6 is 23.4 Å². The van der Waals surface area contributed by atoms with Gasteiger partial charge in [0.15, 0.2) is 5.16 Å². The molecule has 0 unspecified atom stereocenters. The van der Waals surface area contributed by atoms with Crippen LogP contribution in [-0.2, 0) is 11.3 Å². The van der Waals surface area contributed by atoms with Crippen molar-refractivity contribution in [3.63, 3.8) is 0 Å². The number of hydrogen-bond donors (Lipinski definition) is 0. The topological polar surface area (TPSA) is 44.1 Å². The molecule has 0 fully saturated rings. The van der Waals surface area contributed by atoms with Crippen LogP contribution in [0.4, 0.5) is 0 Å². The standard InChI is InChI=1S/C17H23ClN2O2S/c1-4-22-9-10-23-17-19-15-11-13(18)5-6-14(15)16(21)20(17)8-7-12(2)3/h5-6,11-12H,4,7-10H2,1-3H3. The van der Waals surface area contributed by atoms with Crippen LogP contribution in [0.15, 0.2) is 28.2 Å². The molecule has 1 heterocycles. The van der Waals surface area contributed by atoms with Gasteiger partial charge in [-0.1, -0.05) is 37.2 Å². The predicted molar refractivity (Wildman–Crippen MR) is 97.7 cm³/mol. The van der Waals surface area contributed by atoms with Crippen LogP contribution in [0.3, 0.4) is 0 Å². The van der Waals surface area contributed by atoms with Gasteiger partial charge in [0.25, 0.3) is 5.56 Å². The second-order valence-corrected chi connectivity index (χ2v) is 7.24. The lowest BCUT2D eigenvalue weighted by Crippen LogP contribution is -2.24. The van der Waals surface area contributed by atoms with E-state index in [0.29, 0.717) is 41.6 Å². The first-order valence-corrected chi connectivity index (χ1v) is 9.30. The maximum atomic E-state index is 12.8. The third kappa shape index (κ3) is 4.96. The van der Waals surface area contributed by atoms with Crippen molar-refractivity contribution in [3.8, 4) is 0 Å².